The van der Waals surface area contributed by atoms with Gasteiger partial charge in [-0.1, -0.05) is 12.1 Å². The fourth-order valence-corrected chi connectivity index (χ4v) is 2.15. The van der Waals surface area contributed by atoms with Crippen molar-refractivity contribution in [2.45, 2.75) is 20.8 Å². The third kappa shape index (κ3) is 3.62. The Balaban J connectivity index is 2.32. The standard InChI is InChI=1S/C16H22N4O/c1-5-20(6-2)16-17-12(3)11-15(19-16)18-13-9-7-8-10-14(13)21-4/h7-11H,5-6H2,1-4H3,(H,17,18,19). The molecule has 21 heavy (non-hydrogen) atoms. The van der Waals surface area contributed by atoms with Crippen molar-refractivity contribution in [3.05, 3.63) is 36.0 Å². The van der Waals surface area contributed by atoms with Crippen LogP contribution in [0.25, 0.3) is 0 Å². The molecule has 0 aliphatic rings. The Kier molecular flexibility index (Phi) is 4.98. The first-order valence-corrected chi connectivity index (χ1v) is 7.18. The molecule has 0 bridgehead atoms. The lowest BCUT2D eigenvalue weighted by Crippen LogP contribution is -2.24. The van der Waals surface area contributed by atoms with Gasteiger partial charge in [-0.25, -0.2) is 4.98 Å². The Morgan fingerprint density at radius 2 is 1.86 bits per heavy atom. The van der Waals surface area contributed by atoms with E-state index in [1.807, 2.05) is 37.3 Å². The fraction of sp³-hybridized carbons (Fsp3) is 0.375. The van der Waals surface area contributed by atoms with Crippen LogP contribution in [-0.4, -0.2) is 30.2 Å². The van der Waals surface area contributed by atoms with E-state index in [4.69, 9.17) is 4.74 Å². The molecule has 0 saturated carbocycles. The molecule has 0 radical (unpaired) electrons. The molecular formula is C16H22N4O. The third-order valence-corrected chi connectivity index (χ3v) is 3.26. The number of methoxy groups -OCH3 is 1. The van der Waals surface area contributed by atoms with Crippen molar-refractivity contribution >= 4 is 17.5 Å². The molecule has 1 aromatic heterocycles. The van der Waals surface area contributed by atoms with Gasteiger partial charge >= 0.3 is 0 Å². The second kappa shape index (κ2) is 6.92. The number of nitrogens with one attached hydrogen (secondary N) is 1. The lowest BCUT2D eigenvalue weighted by molar-refractivity contribution is 0.417. The second-order valence-electron chi connectivity index (χ2n) is 4.69. The van der Waals surface area contributed by atoms with E-state index in [0.717, 1.165) is 42.0 Å². The number of rotatable bonds is 6. The smallest absolute Gasteiger partial charge is 0.227 e. The summed E-state index contributed by atoms with van der Waals surface area (Å²) in [6.07, 6.45) is 0. The molecule has 5 nitrogen and oxygen atoms in total. The minimum absolute atomic E-state index is 0.748. The first-order chi connectivity index (χ1) is 10.2. The fourth-order valence-electron chi connectivity index (χ4n) is 2.15. The van der Waals surface area contributed by atoms with Gasteiger partial charge in [-0.05, 0) is 32.9 Å². The number of aromatic nitrogens is 2. The van der Waals surface area contributed by atoms with Crippen molar-refractivity contribution in [1.82, 2.24) is 9.97 Å². The molecule has 0 amide bonds. The first-order valence-electron chi connectivity index (χ1n) is 7.18. The summed E-state index contributed by atoms with van der Waals surface area (Å²) in [5.41, 5.74) is 1.83. The summed E-state index contributed by atoms with van der Waals surface area (Å²) in [7, 11) is 1.66. The Labute approximate surface area is 126 Å². The molecule has 0 fully saturated rings. The van der Waals surface area contributed by atoms with Gasteiger partial charge in [-0.3, -0.25) is 0 Å². The SMILES string of the molecule is CCN(CC)c1nc(C)cc(Nc2ccccc2OC)n1. The number of nitrogens with zero attached hydrogens (tertiary/aromatic N) is 3. The van der Waals surface area contributed by atoms with E-state index >= 15 is 0 Å². The zero-order valence-electron chi connectivity index (χ0n) is 13.1. The molecule has 1 N–H and O–H groups in total. The van der Waals surface area contributed by atoms with Crippen LogP contribution in [0.15, 0.2) is 30.3 Å². The second-order valence-corrected chi connectivity index (χ2v) is 4.69. The van der Waals surface area contributed by atoms with Gasteiger partial charge in [-0.15, -0.1) is 0 Å². The van der Waals surface area contributed by atoms with E-state index < -0.39 is 0 Å². The normalized spacial score (nSPS) is 10.3. The summed E-state index contributed by atoms with van der Waals surface area (Å²) < 4.78 is 5.35. The number of aryl methyl sites for hydroxylation is 1. The Morgan fingerprint density at radius 3 is 2.52 bits per heavy atom. The molecule has 0 aliphatic carbocycles. The number of hydrogen-bond donors (Lipinski definition) is 1. The Morgan fingerprint density at radius 1 is 1.14 bits per heavy atom. The highest BCUT2D eigenvalue weighted by Crippen LogP contribution is 2.27. The zero-order valence-corrected chi connectivity index (χ0v) is 13.1. The third-order valence-electron chi connectivity index (χ3n) is 3.26. The summed E-state index contributed by atoms with van der Waals surface area (Å²) in [4.78, 5) is 11.2. The van der Waals surface area contributed by atoms with Crippen molar-refractivity contribution in [3.8, 4) is 5.75 Å². The van der Waals surface area contributed by atoms with Crippen LogP contribution < -0.4 is 15.0 Å². The number of anilines is 3. The van der Waals surface area contributed by atoms with Crippen LogP contribution in [0.5, 0.6) is 5.75 Å². The minimum atomic E-state index is 0.748. The van der Waals surface area contributed by atoms with E-state index in [0.29, 0.717) is 0 Å². The molecule has 1 aromatic carbocycles. The lowest BCUT2D eigenvalue weighted by Gasteiger charge is -2.20. The maximum Gasteiger partial charge on any atom is 0.227 e. The van der Waals surface area contributed by atoms with Crippen LogP contribution in [0.1, 0.15) is 19.5 Å². The molecule has 5 heteroatoms. The Hall–Kier alpha value is -2.30. The molecule has 0 aliphatic heterocycles. The summed E-state index contributed by atoms with van der Waals surface area (Å²) in [5.74, 6) is 2.31. The summed E-state index contributed by atoms with van der Waals surface area (Å²) in [6.45, 7) is 7.94. The van der Waals surface area contributed by atoms with Gasteiger partial charge in [0.1, 0.15) is 11.6 Å². The monoisotopic (exact) mass is 286 g/mol. The molecule has 0 unspecified atom stereocenters. The van der Waals surface area contributed by atoms with Gasteiger partial charge in [0.25, 0.3) is 0 Å². The van der Waals surface area contributed by atoms with Gasteiger partial charge < -0.3 is 15.0 Å². The van der Waals surface area contributed by atoms with Crippen LogP contribution in [0.3, 0.4) is 0 Å². The van der Waals surface area contributed by atoms with Gasteiger partial charge in [0.05, 0.1) is 12.8 Å². The quantitative estimate of drug-likeness (QED) is 0.882. The van der Waals surface area contributed by atoms with Crippen molar-refractivity contribution in [2.75, 3.05) is 30.4 Å². The minimum Gasteiger partial charge on any atom is -0.495 e. The van der Waals surface area contributed by atoms with Gasteiger partial charge in [0.15, 0.2) is 0 Å². The predicted molar refractivity (Wildman–Crippen MR) is 86.6 cm³/mol. The van der Waals surface area contributed by atoms with Crippen LogP contribution in [0.4, 0.5) is 17.5 Å². The average molecular weight is 286 g/mol. The number of para-hydroxylation sites is 2. The Bertz CT molecular complexity index is 597. The largest absolute Gasteiger partial charge is 0.495 e. The summed E-state index contributed by atoms with van der Waals surface area (Å²) in [5, 5.41) is 3.30. The number of ether oxygens (including phenoxy) is 1. The highest BCUT2D eigenvalue weighted by atomic mass is 16.5. The number of benzene rings is 1. The van der Waals surface area contributed by atoms with E-state index in [1.54, 1.807) is 7.11 Å². The van der Waals surface area contributed by atoms with E-state index in [1.165, 1.54) is 0 Å². The van der Waals surface area contributed by atoms with E-state index in [9.17, 15) is 0 Å². The van der Waals surface area contributed by atoms with Crippen molar-refractivity contribution in [3.63, 3.8) is 0 Å². The van der Waals surface area contributed by atoms with E-state index in [2.05, 4.69) is 34.0 Å². The van der Waals surface area contributed by atoms with Crippen LogP contribution >= 0.6 is 0 Å². The van der Waals surface area contributed by atoms with E-state index in [-0.39, 0.29) is 0 Å². The number of hydrogen-bond acceptors (Lipinski definition) is 5. The predicted octanol–water partition coefficient (Wildman–Crippen LogP) is 3.38. The van der Waals surface area contributed by atoms with Crippen molar-refractivity contribution < 1.29 is 4.74 Å². The van der Waals surface area contributed by atoms with Crippen molar-refractivity contribution in [1.29, 1.82) is 0 Å². The average Bonchev–Trinajstić information content (AvgIpc) is 2.48. The summed E-state index contributed by atoms with van der Waals surface area (Å²) in [6, 6.07) is 9.72. The maximum absolute atomic E-state index is 5.35. The molecule has 0 atom stereocenters. The van der Waals surface area contributed by atoms with Crippen LogP contribution in [-0.2, 0) is 0 Å². The first kappa shape index (κ1) is 15.1. The lowest BCUT2D eigenvalue weighted by atomic mass is 10.3. The van der Waals surface area contributed by atoms with Crippen LogP contribution in [0, 0.1) is 6.92 Å². The molecule has 1 heterocycles. The highest BCUT2D eigenvalue weighted by molar-refractivity contribution is 5.64. The van der Waals surface area contributed by atoms with Gasteiger partial charge in [0, 0.05) is 24.8 Å². The summed E-state index contributed by atoms with van der Waals surface area (Å²) >= 11 is 0. The topological polar surface area (TPSA) is 50.3 Å². The zero-order chi connectivity index (χ0) is 15.2. The molecule has 2 aromatic rings. The van der Waals surface area contributed by atoms with Crippen molar-refractivity contribution in [2.24, 2.45) is 0 Å². The van der Waals surface area contributed by atoms with Gasteiger partial charge in [-0.2, -0.15) is 4.98 Å². The van der Waals surface area contributed by atoms with Crippen LogP contribution in [0.2, 0.25) is 0 Å². The molecule has 2 rings (SSSR count). The highest BCUT2D eigenvalue weighted by Gasteiger charge is 2.09. The maximum atomic E-state index is 5.35. The molecule has 0 spiro atoms. The molecule has 112 valence electrons. The molecule has 0 saturated heterocycles. The molecular weight excluding hydrogens is 264 g/mol. The van der Waals surface area contributed by atoms with Gasteiger partial charge in [0.2, 0.25) is 5.95 Å².